The molecule has 2 heteroatoms. The molecular weight excluding hydrogens is 258 g/mol. The Morgan fingerprint density at radius 1 is 1.19 bits per heavy atom. The molecule has 0 saturated heterocycles. The highest BCUT2D eigenvalue weighted by Gasteiger charge is 2.31. The Bertz CT molecular complexity index is 671. The Kier molecular flexibility index (Phi) is 3.68. The van der Waals surface area contributed by atoms with E-state index >= 15 is 0 Å². The Morgan fingerprint density at radius 3 is 2.81 bits per heavy atom. The summed E-state index contributed by atoms with van der Waals surface area (Å²) in [5, 5.41) is 0. The number of Topliss-reactive ketones (excluding diaryl/α,β-unsaturated/α-hetero) is 1. The summed E-state index contributed by atoms with van der Waals surface area (Å²) in [5.41, 5.74) is 3.81. The second-order valence-electron chi connectivity index (χ2n) is 6.88. The third-order valence-corrected chi connectivity index (χ3v) is 4.21. The summed E-state index contributed by atoms with van der Waals surface area (Å²) in [4.78, 5) is 16.7. The Labute approximate surface area is 126 Å². The normalized spacial score (nSPS) is 20.1. The summed E-state index contributed by atoms with van der Waals surface area (Å²) < 4.78 is 0. The van der Waals surface area contributed by atoms with Gasteiger partial charge >= 0.3 is 0 Å². The molecule has 1 aromatic rings. The van der Waals surface area contributed by atoms with Crippen LogP contribution in [0.2, 0.25) is 0 Å². The molecule has 0 aromatic carbocycles. The molecule has 1 heterocycles. The van der Waals surface area contributed by atoms with Crippen LogP contribution < -0.4 is 0 Å². The number of carbonyl (C=O) groups excluding carboxylic acids is 1. The minimum atomic E-state index is 0.0250. The molecule has 0 saturated carbocycles. The van der Waals surface area contributed by atoms with Crippen molar-refractivity contribution in [1.29, 1.82) is 0 Å². The zero-order valence-corrected chi connectivity index (χ0v) is 12.8. The third-order valence-electron chi connectivity index (χ3n) is 4.21. The van der Waals surface area contributed by atoms with Crippen LogP contribution in [-0.4, -0.2) is 10.8 Å². The van der Waals surface area contributed by atoms with Crippen molar-refractivity contribution in [1.82, 2.24) is 4.98 Å². The predicted octanol–water partition coefficient (Wildman–Crippen LogP) is 4.09. The highest BCUT2D eigenvalue weighted by atomic mass is 16.1. The molecule has 2 aliphatic rings. The van der Waals surface area contributed by atoms with Gasteiger partial charge < -0.3 is 0 Å². The summed E-state index contributed by atoms with van der Waals surface area (Å²) in [7, 11) is 0. The largest absolute Gasteiger partial charge is 0.294 e. The number of nitrogens with zero attached hydrogens (tertiary/aromatic N) is 1. The first-order valence-corrected chi connectivity index (χ1v) is 7.77. The first-order valence-electron chi connectivity index (χ1n) is 7.77. The molecule has 2 nitrogen and oxygen atoms in total. The quantitative estimate of drug-likeness (QED) is 0.670. The number of aromatic nitrogens is 1. The lowest BCUT2D eigenvalue weighted by atomic mass is 9.75. The molecule has 0 bridgehead atoms. The first kappa shape index (κ1) is 14.1. The second kappa shape index (κ2) is 5.48. The minimum Gasteiger partial charge on any atom is -0.294 e. The second-order valence-corrected chi connectivity index (χ2v) is 6.88. The van der Waals surface area contributed by atoms with Crippen LogP contribution in [-0.2, 0) is 6.42 Å². The standard InChI is InChI=1S/C19H21NO/c1-19(2)11-17-16(18(21)12-19)10-15(13-20-17)9-8-14-6-4-3-5-7-14/h6,10,13H,3-5,7,11-12H2,1-2H3. The lowest BCUT2D eigenvalue weighted by molar-refractivity contribution is 0.0910. The van der Waals surface area contributed by atoms with E-state index in [4.69, 9.17) is 0 Å². The maximum atomic E-state index is 12.3. The van der Waals surface area contributed by atoms with Crippen molar-refractivity contribution >= 4 is 5.78 Å². The van der Waals surface area contributed by atoms with Crippen molar-refractivity contribution in [3.8, 4) is 11.8 Å². The fourth-order valence-corrected chi connectivity index (χ4v) is 3.09. The number of hydrogen-bond acceptors (Lipinski definition) is 2. The van der Waals surface area contributed by atoms with Gasteiger partial charge in [0, 0.05) is 23.7 Å². The smallest absolute Gasteiger partial charge is 0.165 e. The van der Waals surface area contributed by atoms with Gasteiger partial charge in [-0.3, -0.25) is 9.78 Å². The number of ketones is 1. The Balaban J connectivity index is 1.87. The van der Waals surface area contributed by atoms with Gasteiger partial charge in [0.1, 0.15) is 0 Å². The van der Waals surface area contributed by atoms with Crippen LogP contribution in [0, 0.1) is 17.3 Å². The van der Waals surface area contributed by atoms with E-state index in [1.807, 2.05) is 12.3 Å². The van der Waals surface area contributed by atoms with E-state index in [0.717, 1.165) is 36.1 Å². The van der Waals surface area contributed by atoms with Crippen LogP contribution in [0.1, 0.15) is 67.6 Å². The van der Waals surface area contributed by atoms with Gasteiger partial charge in [-0.1, -0.05) is 31.8 Å². The molecule has 0 N–H and O–H groups in total. The number of rotatable bonds is 0. The number of pyridine rings is 1. The van der Waals surface area contributed by atoms with E-state index in [9.17, 15) is 4.79 Å². The van der Waals surface area contributed by atoms with Gasteiger partial charge in [0.15, 0.2) is 5.78 Å². The van der Waals surface area contributed by atoms with E-state index in [1.54, 1.807) is 0 Å². The lowest BCUT2D eigenvalue weighted by Gasteiger charge is -2.29. The Morgan fingerprint density at radius 2 is 2.05 bits per heavy atom. The summed E-state index contributed by atoms with van der Waals surface area (Å²) in [6, 6.07) is 1.93. The highest BCUT2D eigenvalue weighted by Crippen LogP contribution is 2.33. The van der Waals surface area contributed by atoms with Crippen molar-refractivity contribution < 1.29 is 4.79 Å². The van der Waals surface area contributed by atoms with Crippen molar-refractivity contribution in [3.63, 3.8) is 0 Å². The summed E-state index contributed by atoms with van der Waals surface area (Å²) in [5.74, 6) is 6.61. The summed E-state index contributed by atoms with van der Waals surface area (Å²) >= 11 is 0. The van der Waals surface area contributed by atoms with E-state index in [1.165, 1.54) is 18.4 Å². The molecule has 2 aliphatic carbocycles. The fraction of sp³-hybridized carbons (Fsp3) is 0.474. The molecule has 21 heavy (non-hydrogen) atoms. The van der Waals surface area contributed by atoms with Gasteiger partial charge in [0.05, 0.1) is 5.69 Å². The molecule has 1 aromatic heterocycles. The number of fused-ring (bicyclic) bond motifs is 1. The molecular formula is C19H21NO. The first-order chi connectivity index (χ1) is 10.0. The Hall–Kier alpha value is -1.88. The zero-order valence-electron chi connectivity index (χ0n) is 12.8. The van der Waals surface area contributed by atoms with E-state index in [0.29, 0.717) is 6.42 Å². The van der Waals surface area contributed by atoms with E-state index in [2.05, 4.69) is 36.7 Å². The van der Waals surface area contributed by atoms with Crippen molar-refractivity contribution in [3.05, 3.63) is 40.7 Å². The lowest BCUT2D eigenvalue weighted by Crippen LogP contribution is -2.27. The maximum absolute atomic E-state index is 12.3. The molecule has 108 valence electrons. The van der Waals surface area contributed by atoms with Gasteiger partial charge in [-0.15, -0.1) is 0 Å². The molecule has 0 aliphatic heterocycles. The van der Waals surface area contributed by atoms with Crippen molar-refractivity contribution in [2.45, 2.75) is 52.4 Å². The summed E-state index contributed by atoms with van der Waals surface area (Å²) in [6.07, 6.45) is 10.2. The van der Waals surface area contributed by atoms with E-state index in [-0.39, 0.29) is 11.2 Å². The van der Waals surface area contributed by atoms with Crippen LogP contribution in [0.25, 0.3) is 0 Å². The van der Waals surface area contributed by atoms with Crippen LogP contribution in [0.4, 0.5) is 0 Å². The average Bonchev–Trinajstić information content (AvgIpc) is 2.45. The molecule has 0 unspecified atom stereocenters. The molecule has 0 atom stereocenters. The number of hydrogen-bond donors (Lipinski definition) is 0. The molecule has 0 fully saturated rings. The molecule has 3 rings (SSSR count). The average molecular weight is 279 g/mol. The minimum absolute atomic E-state index is 0.0250. The molecule has 0 amide bonds. The maximum Gasteiger partial charge on any atom is 0.165 e. The molecule has 0 spiro atoms. The monoisotopic (exact) mass is 279 g/mol. The van der Waals surface area contributed by atoms with Gasteiger partial charge in [-0.05, 0) is 49.2 Å². The van der Waals surface area contributed by atoms with Gasteiger partial charge in [0.2, 0.25) is 0 Å². The van der Waals surface area contributed by atoms with E-state index < -0.39 is 0 Å². The zero-order chi connectivity index (χ0) is 14.9. The fourth-order valence-electron chi connectivity index (χ4n) is 3.09. The highest BCUT2D eigenvalue weighted by molar-refractivity contribution is 5.98. The van der Waals surface area contributed by atoms with Crippen LogP contribution in [0.3, 0.4) is 0 Å². The number of allylic oxidation sites excluding steroid dienone is 2. The van der Waals surface area contributed by atoms with Gasteiger partial charge in [0.25, 0.3) is 0 Å². The predicted molar refractivity (Wildman–Crippen MR) is 84.1 cm³/mol. The topological polar surface area (TPSA) is 30.0 Å². The SMILES string of the molecule is CC1(C)CC(=O)c2cc(C#CC3=CCCCC3)cnc2C1. The van der Waals surface area contributed by atoms with Gasteiger partial charge in [-0.25, -0.2) is 0 Å². The van der Waals surface area contributed by atoms with Crippen LogP contribution in [0.5, 0.6) is 0 Å². The van der Waals surface area contributed by atoms with Crippen molar-refractivity contribution in [2.24, 2.45) is 5.41 Å². The number of carbonyl (C=O) groups is 1. The van der Waals surface area contributed by atoms with Crippen LogP contribution in [0.15, 0.2) is 23.9 Å². The summed E-state index contributed by atoms with van der Waals surface area (Å²) in [6.45, 7) is 4.25. The van der Waals surface area contributed by atoms with Crippen molar-refractivity contribution in [2.75, 3.05) is 0 Å². The third kappa shape index (κ3) is 3.24. The van der Waals surface area contributed by atoms with Crippen LogP contribution >= 0.6 is 0 Å². The van der Waals surface area contributed by atoms with Gasteiger partial charge in [-0.2, -0.15) is 0 Å². The molecule has 0 radical (unpaired) electrons.